The maximum absolute atomic E-state index is 13.9. The fraction of sp³-hybridized carbons (Fsp3) is 0.444. The Bertz CT molecular complexity index is 1680. The first-order chi connectivity index (χ1) is 22.6. The van der Waals surface area contributed by atoms with Gasteiger partial charge in [-0.2, -0.15) is 0 Å². The van der Waals surface area contributed by atoms with Gasteiger partial charge in [0.2, 0.25) is 0 Å². The summed E-state index contributed by atoms with van der Waals surface area (Å²) < 4.78 is 36.0. The fourth-order valence-electron chi connectivity index (χ4n) is 8.25. The van der Waals surface area contributed by atoms with Gasteiger partial charge in [-0.15, -0.1) is 0 Å². The molecule has 1 spiro atoms. The third kappa shape index (κ3) is 5.10. The van der Waals surface area contributed by atoms with Crippen LogP contribution in [-0.4, -0.2) is 81.4 Å². The van der Waals surface area contributed by atoms with Gasteiger partial charge in [-0.1, -0.05) is 36.4 Å². The first kappa shape index (κ1) is 33.4. The van der Waals surface area contributed by atoms with E-state index in [0.29, 0.717) is 0 Å². The third-order valence-corrected chi connectivity index (χ3v) is 10.2. The molecule has 48 heavy (non-hydrogen) atoms. The lowest BCUT2D eigenvalue weighted by Crippen LogP contribution is -2.83. The number of esters is 4. The largest absolute Gasteiger partial charge is 0.472 e. The molecule has 6 rings (SSSR count). The molecule has 0 unspecified atom stereocenters. The first-order valence-corrected chi connectivity index (χ1v) is 15.7. The van der Waals surface area contributed by atoms with E-state index in [1.807, 2.05) is 0 Å². The van der Waals surface area contributed by atoms with Crippen molar-refractivity contribution in [3.63, 3.8) is 0 Å². The molecule has 12 heteroatoms. The number of fused-ring (bicyclic) bond motifs is 1. The van der Waals surface area contributed by atoms with Crippen molar-refractivity contribution in [2.75, 3.05) is 0 Å². The highest BCUT2D eigenvalue weighted by molar-refractivity contribution is 5.91. The maximum atomic E-state index is 13.9. The topological polar surface area (TPSA) is 168 Å². The van der Waals surface area contributed by atoms with Gasteiger partial charge in [0.15, 0.2) is 12.2 Å². The third-order valence-electron chi connectivity index (χ3n) is 10.2. The van der Waals surface area contributed by atoms with Crippen LogP contribution in [-0.2, 0) is 28.5 Å². The number of carbonyl (C=O) groups excluding carboxylic acids is 4. The molecule has 2 heterocycles. The Balaban J connectivity index is 1.56. The van der Waals surface area contributed by atoms with E-state index in [9.17, 15) is 29.4 Å². The minimum atomic E-state index is -2.01. The number of hydrogen-bond acceptors (Lipinski definition) is 12. The van der Waals surface area contributed by atoms with Gasteiger partial charge in [0.1, 0.15) is 24.1 Å². The minimum Gasteiger partial charge on any atom is -0.472 e. The lowest BCUT2D eigenvalue weighted by Gasteiger charge is -2.65. The zero-order valence-electron chi connectivity index (χ0n) is 27.2. The van der Waals surface area contributed by atoms with Crippen LogP contribution >= 0.6 is 0 Å². The molecule has 9 atom stereocenters. The summed E-state index contributed by atoms with van der Waals surface area (Å²) in [6.45, 7) is 7.42. The number of aliphatic hydroxyl groups is 2. The van der Waals surface area contributed by atoms with Crippen molar-refractivity contribution in [3.05, 3.63) is 95.9 Å². The van der Waals surface area contributed by atoms with E-state index < -0.39 is 82.5 Å². The van der Waals surface area contributed by atoms with Crippen LogP contribution in [0.1, 0.15) is 72.1 Å². The zero-order valence-corrected chi connectivity index (χ0v) is 27.2. The Morgan fingerprint density at radius 1 is 0.750 bits per heavy atom. The van der Waals surface area contributed by atoms with Gasteiger partial charge in [-0.3, -0.25) is 4.79 Å². The number of furan rings is 1. The van der Waals surface area contributed by atoms with Crippen molar-refractivity contribution in [2.24, 2.45) is 11.3 Å². The predicted molar refractivity (Wildman–Crippen MR) is 165 cm³/mol. The van der Waals surface area contributed by atoms with E-state index in [1.54, 1.807) is 62.4 Å². The molecule has 3 fully saturated rings. The Morgan fingerprint density at radius 2 is 1.31 bits per heavy atom. The van der Waals surface area contributed by atoms with Crippen LogP contribution in [0.25, 0.3) is 0 Å². The number of rotatable bonds is 7. The molecule has 1 aromatic heterocycles. The molecule has 0 radical (unpaired) electrons. The number of benzene rings is 2. The summed E-state index contributed by atoms with van der Waals surface area (Å²) >= 11 is 0. The molecule has 0 amide bonds. The lowest BCUT2D eigenvalue weighted by atomic mass is 9.46. The second-order valence-electron chi connectivity index (χ2n) is 13.6. The molecule has 1 aliphatic heterocycles. The summed E-state index contributed by atoms with van der Waals surface area (Å²) in [6.07, 6.45) is -5.25. The molecule has 254 valence electrons. The molecule has 3 aromatic rings. The van der Waals surface area contributed by atoms with E-state index in [2.05, 4.69) is 0 Å². The summed E-state index contributed by atoms with van der Waals surface area (Å²) in [7, 11) is 0. The zero-order chi connectivity index (χ0) is 34.6. The van der Waals surface area contributed by atoms with Crippen molar-refractivity contribution in [1.29, 1.82) is 0 Å². The van der Waals surface area contributed by atoms with Crippen LogP contribution < -0.4 is 0 Å². The van der Waals surface area contributed by atoms with E-state index in [1.165, 1.54) is 44.6 Å². The Hall–Kier alpha value is -4.52. The van der Waals surface area contributed by atoms with E-state index >= 15 is 0 Å². The Morgan fingerprint density at radius 3 is 1.85 bits per heavy atom. The van der Waals surface area contributed by atoms with Crippen LogP contribution in [0.5, 0.6) is 0 Å². The quantitative estimate of drug-likeness (QED) is 0.277. The van der Waals surface area contributed by atoms with Crippen LogP contribution in [0.4, 0.5) is 0 Å². The molecule has 2 aromatic carbocycles. The molecule has 2 saturated carbocycles. The lowest BCUT2D eigenvalue weighted by molar-refractivity contribution is -0.349. The molecule has 12 nitrogen and oxygen atoms in total. The van der Waals surface area contributed by atoms with Gasteiger partial charge < -0.3 is 38.3 Å². The molecule has 2 aliphatic carbocycles. The number of carbonyl (C=O) groups is 4. The second kappa shape index (κ2) is 11.9. The molecule has 1 saturated heterocycles. The van der Waals surface area contributed by atoms with Crippen LogP contribution in [0.3, 0.4) is 0 Å². The number of aliphatic hydroxyl groups excluding tert-OH is 1. The first-order valence-electron chi connectivity index (χ1n) is 15.7. The average molecular weight is 663 g/mol. The van der Waals surface area contributed by atoms with E-state index in [-0.39, 0.29) is 23.1 Å². The Kier molecular flexibility index (Phi) is 8.25. The summed E-state index contributed by atoms with van der Waals surface area (Å²) in [5.41, 5.74) is -6.82. The van der Waals surface area contributed by atoms with Crippen molar-refractivity contribution >= 4 is 23.9 Å². The van der Waals surface area contributed by atoms with Gasteiger partial charge in [0, 0.05) is 13.3 Å². The van der Waals surface area contributed by atoms with Crippen molar-refractivity contribution in [2.45, 2.75) is 88.4 Å². The standard InChI is InChI=1S/C36H38O12/c1-20(37)44-28-24(45-32(41)23-16-17-43-19-23)18-34(4,42)36-27(38)25(33(2,3)48-36)26(46-30(39)21-12-8-6-9-13-21)29(35(28,36)5)47-31(40)22-14-10-7-11-15-22/h6-17,19,24-29,38,42H,18H2,1-5H3/t24-,25+,26+,27+,28-,29-,34-,35-,36-/m0/s1. The molecule has 3 aliphatic rings. The van der Waals surface area contributed by atoms with Crippen LogP contribution in [0.2, 0.25) is 0 Å². The molecular weight excluding hydrogens is 624 g/mol. The van der Waals surface area contributed by atoms with Crippen molar-refractivity contribution in [3.8, 4) is 0 Å². The average Bonchev–Trinajstić information content (AvgIpc) is 3.64. The normalized spacial score (nSPS) is 34.7. The summed E-state index contributed by atoms with van der Waals surface area (Å²) in [6, 6.07) is 17.6. The highest BCUT2D eigenvalue weighted by Crippen LogP contribution is 2.68. The van der Waals surface area contributed by atoms with Gasteiger partial charge in [-0.25, -0.2) is 14.4 Å². The minimum absolute atomic E-state index is 0.0605. The second-order valence-corrected chi connectivity index (χ2v) is 13.6. The summed E-state index contributed by atoms with van der Waals surface area (Å²) in [5, 5.41) is 24.8. The summed E-state index contributed by atoms with van der Waals surface area (Å²) in [4.78, 5) is 53.7. The molecular formula is C36H38O12. The highest BCUT2D eigenvalue weighted by atomic mass is 16.6. The van der Waals surface area contributed by atoms with Crippen LogP contribution in [0.15, 0.2) is 83.7 Å². The smallest absolute Gasteiger partial charge is 0.341 e. The van der Waals surface area contributed by atoms with Gasteiger partial charge in [0.25, 0.3) is 0 Å². The maximum Gasteiger partial charge on any atom is 0.341 e. The molecule has 2 N–H and O–H groups in total. The van der Waals surface area contributed by atoms with Gasteiger partial charge >= 0.3 is 23.9 Å². The van der Waals surface area contributed by atoms with Crippen molar-refractivity contribution in [1.82, 2.24) is 0 Å². The van der Waals surface area contributed by atoms with Crippen molar-refractivity contribution < 1.29 is 57.5 Å². The highest BCUT2D eigenvalue weighted by Gasteiger charge is 2.86. The van der Waals surface area contributed by atoms with E-state index in [4.69, 9.17) is 28.1 Å². The fourth-order valence-corrected chi connectivity index (χ4v) is 8.25. The SMILES string of the molecule is CC(=O)O[C@H]1[C@@H](OC(=O)c2ccoc2)C[C@](C)(O)[C@]23OC(C)(C)[C@H]([C@@H](OC(=O)c4ccccc4)[C@H](OC(=O)c4ccccc4)[C@]12C)[C@H]3O. The number of ether oxygens (including phenoxy) is 5. The van der Waals surface area contributed by atoms with Crippen LogP contribution in [0, 0.1) is 11.3 Å². The van der Waals surface area contributed by atoms with E-state index in [0.717, 1.165) is 6.92 Å². The number of hydrogen-bond donors (Lipinski definition) is 2. The van der Waals surface area contributed by atoms with Gasteiger partial charge in [-0.05, 0) is 58.0 Å². The summed E-state index contributed by atoms with van der Waals surface area (Å²) in [5.74, 6) is -4.27. The molecule has 2 bridgehead atoms. The monoisotopic (exact) mass is 662 g/mol. The predicted octanol–water partition coefficient (Wildman–Crippen LogP) is 3.89. The van der Waals surface area contributed by atoms with Gasteiger partial charge in [0.05, 0.1) is 51.6 Å². The Labute approximate surface area is 276 Å².